The van der Waals surface area contributed by atoms with E-state index < -0.39 is 5.97 Å². The quantitative estimate of drug-likeness (QED) is 0.789. The molecule has 2 aromatic carbocycles. The van der Waals surface area contributed by atoms with Gasteiger partial charge in [0, 0.05) is 19.6 Å². The molecule has 0 saturated carbocycles. The lowest BCUT2D eigenvalue weighted by Crippen LogP contribution is -2.23. The monoisotopic (exact) mass is 352 g/mol. The van der Waals surface area contributed by atoms with Crippen LogP contribution in [0, 0.1) is 0 Å². The topological polar surface area (TPSA) is 52.6 Å². The summed E-state index contributed by atoms with van der Waals surface area (Å²) < 4.78 is 0. The zero-order valence-electron chi connectivity index (χ0n) is 15.3. The molecule has 4 heteroatoms. The molecular weight excluding hydrogens is 324 g/mol. The Bertz CT molecular complexity index is 687. The van der Waals surface area contributed by atoms with Crippen molar-refractivity contribution in [1.82, 2.24) is 10.2 Å². The largest absolute Gasteiger partial charge is 0.478 e. The number of benzene rings is 2. The Kier molecular flexibility index (Phi) is 6.81. The Labute approximate surface area is 155 Å². The third-order valence-corrected chi connectivity index (χ3v) is 4.99. The van der Waals surface area contributed by atoms with Crippen LogP contribution in [0.1, 0.15) is 52.7 Å². The van der Waals surface area contributed by atoms with Crippen LogP contribution in [0.3, 0.4) is 0 Å². The van der Waals surface area contributed by atoms with Crippen molar-refractivity contribution in [3.05, 3.63) is 70.8 Å². The molecule has 0 spiro atoms. The van der Waals surface area contributed by atoms with Gasteiger partial charge in [-0.25, -0.2) is 4.79 Å². The van der Waals surface area contributed by atoms with Gasteiger partial charge in [-0.05, 0) is 54.8 Å². The van der Waals surface area contributed by atoms with E-state index >= 15 is 0 Å². The number of carbonyl (C=O) groups is 1. The van der Waals surface area contributed by atoms with Gasteiger partial charge in [0.15, 0.2) is 0 Å². The van der Waals surface area contributed by atoms with E-state index in [1.54, 1.807) is 12.1 Å². The highest BCUT2D eigenvalue weighted by Crippen LogP contribution is 2.14. The minimum Gasteiger partial charge on any atom is -0.478 e. The van der Waals surface area contributed by atoms with E-state index in [0.717, 1.165) is 25.2 Å². The number of carboxylic acid groups (broad SMARTS) is 1. The summed E-state index contributed by atoms with van der Waals surface area (Å²) in [5, 5.41) is 12.3. The van der Waals surface area contributed by atoms with Gasteiger partial charge in [0.25, 0.3) is 0 Å². The number of nitrogens with zero attached hydrogens (tertiary/aromatic N) is 1. The lowest BCUT2D eigenvalue weighted by molar-refractivity contribution is 0.0697. The lowest BCUT2D eigenvalue weighted by atomic mass is 10.1. The number of likely N-dealkylation sites (tertiary alicyclic amines) is 1. The van der Waals surface area contributed by atoms with Gasteiger partial charge >= 0.3 is 5.97 Å². The molecule has 1 aliphatic heterocycles. The van der Waals surface area contributed by atoms with Crippen molar-refractivity contribution in [3.63, 3.8) is 0 Å². The van der Waals surface area contributed by atoms with Gasteiger partial charge in [0.2, 0.25) is 0 Å². The van der Waals surface area contributed by atoms with Crippen molar-refractivity contribution < 1.29 is 9.90 Å². The maximum absolute atomic E-state index is 10.9. The van der Waals surface area contributed by atoms with Crippen LogP contribution in [0.2, 0.25) is 0 Å². The Balaban J connectivity index is 1.44. The number of hydrogen-bond donors (Lipinski definition) is 2. The highest BCUT2D eigenvalue weighted by molar-refractivity contribution is 5.87. The molecule has 1 fully saturated rings. The molecule has 3 rings (SSSR count). The summed E-state index contributed by atoms with van der Waals surface area (Å²) in [7, 11) is 0. The third-order valence-electron chi connectivity index (χ3n) is 4.99. The van der Waals surface area contributed by atoms with Crippen LogP contribution >= 0.6 is 0 Å². The van der Waals surface area contributed by atoms with Crippen LogP contribution in [0.5, 0.6) is 0 Å². The minimum absolute atomic E-state index is 0.328. The zero-order chi connectivity index (χ0) is 18.2. The predicted molar refractivity (Wildman–Crippen MR) is 104 cm³/mol. The fourth-order valence-corrected chi connectivity index (χ4v) is 3.43. The van der Waals surface area contributed by atoms with Gasteiger partial charge in [-0.2, -0.15) is 0 Å². The summed E-state index contributed by atoms with van der Waals surface area (Å²) in [5.41, 5.74) is 4.08. The fourth-order valence-electron chi connectivity index (χ4n) is 3.43. The smallest absolute Gasteiger partial charge is 0.335 e. The molecule has 0 radical (unpaired) electrons. The van der Waals surface area contributed by atoms with Crippen molar-refractivity contribution >= 4 is 5.97 Å². The summed E-state index contributed by atoms with van der Waals surface area (Å²) in [5.74, 6) is -0.884. The first-order valence-corrected chi connectivity index (χ1v) is 9.54. The number of rotatable bonds is 7. The molecule has 0 bridgehead atoms. The first kappa shape index (κ1) is 18.6. The molecule has 0 aliphatic carbocycles. The Hall–Kier alpha value is -2.17. The van der Waals surface area contributed by atoms with Crippen LogP contribution in [0.25, 0.3) is 0 Å². The Morgan fingerprint density at radius 1 is 0.808 bits per heavy atom. The van der Waals surface area contributed by atoms with E-state index in [1.165, 1.54) is 49.9 Å². The summed E-state index contributed by atoms with van der Waals surface area (Å²) in [6, 6.07) is 15.9. The van der Waals surface area contributed by atoms with Crippen molar-refractivity contribution in [2.45, 2.75) is 45.3 Å². The molecular formula is C22H28N2O2. The second-order valence-electron chi connectivity index (χ2n) is 7.11. The lowest BCUT2D eigenvalue weighted by Gasteiger charge is -2.19. The average Bonchev–Trinajstić information content (AvgIpc) is 2.92. The predicted octanol–water partition coefficient (Wildman–Crippen LogP) is 4.05. The second kappa shape index (κ2) is 9.51. The van der Waals surface area contributed by atoms with E-state index in [-0.39, 0.29) is 0 Å². The van der Waals surface area contributed by atoms with Gasteiger partial charge in [-0.1, -0.05) is 49.2 Å². The zero-order valence-corrected chi connectivity index (χ0v) is 15.3. The number of aromatic carboxylic acids is 1. The highest BCUT2D eigenvalue weighted by Gasteiger charge is 2.09. The van der Waals surface area contributed by atoms with Crippen molar-refractivity contribution in [2.24, 2.45) is 0 Å². The molecule has 0 unspecified atom stereocenters. The SMILES string of the molecule is O=C(O)c1ccc(CNCc2ccc(CN3CCCCCC3)cc2)cc1. The minimum atomic E-state index is -0.884. The van der Waals surface area contributed by atoms with Gasteiger partial charge in [0.05, 0.1) is 5.56 Å². The van der Waals surface area contributed by atoms with Crippen LogP contribution < -0.4 is 5.32 Å². The number of hydrogen-bond acceptors (Lipinski definition) is 3. The van der Waals surface area contributed by atoms with Crippen LogP contribution in [-0.2, 0) is 19.6 Å². The molecule has 1 aliphatic rings. The fraction of sp³-hybridized carbons (Fsp3) is 0.409. The summed E-state index contributed by atoms with van der Waals surface area (Å²) >= 11 is 0. The third kappa shape index (κ3) is 5.68. The molecule has 1 heterocycles. The Morgan fingerprint density at radius 3 is 1.85 bits per heavy atom. The van der Waals surface area contributed by atoms with E-state index in [2.05, 4.69) is 34.5 Å². The van der Waals surface area contributed by atoms with Gasteiger partial charge in [0.1, 0.15) is 0 Å². The normalized spacial score (nSPS) is 15.5. The second-order valence-corrected chi connectivity index (χ2v) is 7.11. The van der Waals surface area contributed by atoms with Crippen molar-refractivity contribution in [2.75, 3.05) is 13.1 Å². The van der Waals surface area contributed by atoms with Gasteiger partial charge in [-0.15, -0.1) is 0 Å². The Morgan fingerprint density at radius 2 is 1.31 bits per heavy atom. The standard InChI is InChI=1S/C22H28N2O2/c25-22(26)21-11-9-19(10-12-21)16-23-15-18-5-7-20(8-6-18)17-24-13-3-1-2-4-14-24/h5-12,23H,1-4,13-17H2,(H,25,26). The summed E-state index contributed by atoms with van der Waals surface area (Å²) in [4.78, 5) is 13.4. The molecule has 0 amide bonds. The van der Waals surface area contributed by atoms with Gasteiger partial charge < -0.3 is 10.4 Å². The molecule has 26 heavy (non-hydrogen) atoms. The maximum atomic E-state index is 10.9. The van der Waals surface area contributed by atoms with E-state index in [4.69, 9.17) is 5.11 Å². The maximum Gasteiger partial charge on any atom is 0.335 e. The van der Waals surface area contributed by atoms with Crippen LogP contribution in [0.15, 0.2) is 48.5 Å². The van der Waals surface area contributed by atoms with E-state index in [1.807, 2.05) is 12.1 Å². The highest BCUT2D eigenvalue weighted by atomic mass is 16.4. The molecule has 2 N–H and O–H groups in total. The molecule has 4 nitrogen and oxygen atoms in total. The van der Waals surface area contributed by atoms with Crippen LogP contribution in [-0.4, -0.2) is 29.1 Å². The first-order valence-electron chi connectivity index (χ1n) is 9.54. The summed E-state index contributed by atoms with van der Waals surface area (Å²) in [6.07, 6.45) is 5.41. The van der Waals surface area contributed by atoms with Crippen molar-refractivity contribution in [1.29, 1.82) is 0 Å². The number of nitrogens with one attached hydrogen (secondary N) is 1. The molecule has 1 saturated heterocycles. The first-order chi connectivity index (χ1) is 12.7. The summed E-state index contributed by atoms with van der Waals surface area (Å²) in [6.45, 7) is 5.05. The van der Waals surface area contributed by atoms with E-state index in [9.17, 15) is 4.79 Å². The average molecular weight is 352 g/mol. The van der Waals surface area contributed by atoms with Crippen LogP contribution in [0.4, 0.5) is 0 Å². The molecule has 2 aromatic rings. The van der Waals surface area contributed by atoms with E-state index in [0.29, 0.717) is 5.56 Å². The van der Waals surface area contributed by atoms with Crippen molar-refractivity contribution in [3.8, 4) is 0 Å². The number of carboxylic acids is 1. The molecule has 0 atom stereocenters. The van der Waals surface area contributed by atoms with Gasteiger partial charge in [-0.3, -0.25) is 4.90 Å². The molecule has 0 aromatic heterocycles. The molecule has 138 valence electrons.